The maximum Gasteiger partial charge on any atom is 0.412 e. The van der Waals surface area contributed by atoms with Crippen molar-refractivity contribution < 1.29 is 40.3 Å². The van der Waals surface area contributed by atoms with Crippen LogP contribution in [0.1, 0.15) is 6.92 Å². The molecule has 130 valence electrons. The Bertz CT molecular complexity index is 560. The molecular formula is C12H14F5NO4Si. The first-order valence-corrected chi connectivity index (χ1v) is 8.53. The van der Waals surface area contributed by atoms with Gasteiger partial charge in [0.1, 0.15) is 0 Å². The fraction of sp³-hybridized carbons (Fsp3) is 0.417. The number of nitrogens with one attached hydrogen (secondary N) is 1. The van der Waals surface area contributed by atoms with Crippen molar-refractivity contribution >= 4 is 14.7 Å². The molecule has 0 aliphatic rings. The van der Waals surface area contributed by atoms with Crippen molar-refractivity contribution in [1.82, 2.24) is 5.32 Å². The molecular weight excluding hydrogens is 345 g/mol. The number of ether oxygens (including phenoxy) is 1. The van der Waals surface area contributed by atoms with Gasteiger partial charge in [0.25, 0.3) is 0 Å². The highest BCUT2D eigenvalue weighted by Crippen LogP contribution is 2.29. The van der Waals surface area contributed by atoms with Gasteiger partial charge < -0.3 is 18.9 Å². The van der Waals surface area contributed by atoms with Crippen LogP contribution in [0.15, 0.2) is 0 Å². The zero-order valence-electron chi connectivity index (χ0n) is 12.4. The minimum Gasteiger partial charge on any atom is -0.404 e. The van der Waals surface area contributed by atoms with Gasteiger partial charge in [-0.3, -0.25) is 0 Å². The molecule has 0 saturated carbocycles. The van der Waals surface area contributed by atoms with E-state index in [0.29, 0.717) is 6.04 Å². The van der Waals surface area contributed by atoms with E-state index < -0.39 is 49.5 Å². The third-order valence-corrected chi connectivity index (χ3v) is 6.43. The van der Waals surface area contributed by atoms with Crippen molar-refractivity contribution in [2.24, 2.45) is 0 Å². The lowest BCUT2D eigenvalue weighted by Gasteiger charge is -2.25. The minimum absolute atomic E-state index is 0.148. The number of hydrogen-bond donors (Lipinski definition) is 1. The van der Waals surface area contributed by atoms with Crippen LogP contribution in [0.3, 0.4) is 0 Å². The number of hydrogen-bond acceptors (Lipinski definition) is 4. The maximum absolute atomic E-state index is 13.4. The summed E-state index contributed by atoms with van der Waals surface area (Å²) in [4.78, 5) is 11.5. The van der Waals surface area contributed by atoms with Crippen molar-refractivity contribution in [2.75, 3.05) is 20.4 Å². The second kappa shape index (κ2) is 7.70. The predicted octanol–water partition coefficient (Wildman–Crippen LogP) is 2.76. The molecule has 11 heteroatoms. The molecule has 1 amide bonds. The molecule has 1 aromatic carbocycles. The summed E-state index contributed by atoms with van der Waals surface area (Å²) in [5, 5.41) is 2.11. The SMILES string of the molecule is CC[Si](CNC(=O)Oc1c(F)c(F)c(F)c(F)c1F)(OC)OC. The van der Waals surface area contributed by atoms with Crippen molar-refractivity contribution in [3.63, 3.8) is 0 Å². The van der Waals surface area contributed by atoms with Crippen LogP contribution in [0, 0.1) is 29.1 Å². The number of rotatable bonds is 6. The number of amides is 1. The third-order valence-electron chi connectivity index (χ3n) is 3.15. The largest absolute Gasteiger partial charge is 0.412 e. The van der Waals surface area contributed by atoms with Crippen LogP contribution in [0.25, 0.3) is 0 Å². The van der Waals surface area contributed by atoms with Gasteiger partial charge in [-0.25, -0.2) is 18.0 Å². The van der Waals surface area contributed by atoms with Gasteiger partial charge in [-0.15, -0.1) is 0 Å². The first-order chi connectivity index (χ1) is 10.7. The summed E-state index contributed by atoms with van der Waals surface area (Å²) in [6.45, 7) is 1.73. The van der Waals surface area contributed by atoms with E-state index in [1.54, 1.807) is 6.92 Å². The molecule has 0 radical (unpaired) electrons. The van der Waals surface area contributed by atoms with Gasteiger partial charge in [-0.05, 0) is 6.04 Å². The normalized spacial score (nSPS) is 11.5. The van der Waals surface area contributed by atoms with Gasteiger partial charge in [-0.1, -0.05) is 6.92 Å². The predicted molar refractivity (Wildman–Crippen MR) is 70.5 cm³/mol. The van der Waals surface area contributed by atoms with Crippen LogP contribution in [-0.2, 0) is 8.85 Å². The summed E-state index contributed by atoms with van der Waals surface area (Å²) in [7, 11) is -0.0481. The van der Waals surface area contributed by atoms with Gasteiger partial charge in [0.05, 0.1) is 6.17 Å². The number of carbonyl (C=O) groups is 1. The quantitative estimate of drug-likeness (QED) is 0.367. The molecule has 1 rings (SSSR count). The molecule has 0 bridgehead atoms. The highest BCUT2D eigenvalue weighted by atomic mass is 28.4. The standard InChI is InChI=1S/C12H14F5NO4Si/c1-4-23(20-2,21-3)5-18-12(19)22-11-9(16)7(14)6(13)8(15)10(11)17/h4-5H2,1-3H3,(H,18,19). The fourth-order valence-corrected chi connectivity index (χ4v) is 3.35. The molecule has 1 N–H and O–H groups in total. The molecule has 0 heterocycles. The Morgan fingerprint density at radius 3 is 1.78 bits per heavy atom. The molecule has 0 aliphatic carbocycles. The second-order valence-electron chi connectivity index (χ2n) is 4.31. The van der Waals surface area contributed by atoms with Crippen molar-refractivity contribution in [3.8, 4) is 5.75 Å². The smallest absolute Gasteiger partial charge is 0.404 e. The molecule has 0 aliphatic heterocycles. The lowest BCUT2D eigenvalue weighted by molar-refractivity contribution is 0.190. The second-order valence-corrected chi connectivity index (χ2v) is 8.01. The Morgan fingerprint density at radius 2 is 1.39 bits per heavy atom. The van der Waals surface area contributed by atoms with Crippen LogP contribution < -0.4 is 10.1 Å². The monoisotopic (exact) mass is 359 g/mol. The Morgan fingerprint density at radius 1 is 0.957 bits per heavy atom. The first-order valence-electron chi connectivity index (χ1n) is 6.30. The molecule has 0 spiro atoms. The van der Waals surface area contributed by atoms with E-state index in [0.717, 1.165) is 0 Å². The zero-order valence-corrected chi connectivity index (χ0v) is 13.4. The Labute approximate surface area is 129 Å². The molecule has 1 aromatic rings. The summed E-state index contributed by atoms with van der Waals surface area (Å²) >= 11 is 0. The van der Waals surface area contributed by atoms with Crippen molar-refractivity contribution in [1.29, 1.82) is 0 Å². The Balaban J connectivity index is 2.91. The summed E-state index contributed by atoms with van der Waals surface area (Å²) in [5.41, 5.74) is 0. The van der Waals surface area contributed by atoms with Crippen molar-refractivity contribution in [2.45, 2.75) is 13.0 Å². The number of benzene rings is 1. The topological polar surface area (TPSA) is 56.8 Å². The van der Waals surface area contributed by atoms with Crippen LogP contribution in [-0.4, -0.2) is 35.0 Å². The van der Waals surface area contributed by atoms with Crippen molar-refractivity contribution in [3.05, 3.63) is 29.1 Å². The van der Waals surface area contributed by atoms with E-state index in [9.17, 15) is 26.7 Å². The van der Waals surface area contributed by atoms with E-state index in [4.69, 9.17) is 8.85 Å². The third kappa shape index (κ3) is 3.98. The lowest BCUT2D eigenvalue weighted by Crippen LogP contribution is -2.51. The van der Waals surface area contributed by atoms with Crippen LogP contribution in [0.5, 0.6) is 5.75 Å². The summed E-state index contributed by atoms with van der Waals surface area (Å²) < 4.78 is 80.1. The first kappa shape index (κ1) is 19.3. The highest BCUT2D eigenvalue weighted by Gasteiger charge is 2.35. The summed E-state index contributed by atoms with van der Waals surface area (Å²) in [6.07, 6.45) is -1.56. The summed E-state index contributed by atoms with van der Waals surface area (Å²) in [5.74, 6) is -12.9. The molecule has 5 nitrogen and oxygen atoms in total. The molecule has 0 fully saturated rings. The average Bonchev–Trinajstić information content (AvgIpc) is 2.57. The average molecular weight is 359 g/mol. The molecule has 0 unspecified atom stereocenters. The van der Waals surface area contributed by atoms with E-state index in [2.05, 4.69) is 10.1 Å². The van der Waals surface area contributed by atoms with Crippen LogP contribution in [0.4, 0.5) is 26.7 Å². The Hall–Kier alpha value is -1.72. The Kier molecular flexibility index (Phi) is 6.47. The molecule has 0 aromatic heterocycles. The number of carbonyl (C=O) groups excluding carboxylic acids is 1. The molecule has 0 atom stereocenters. The van der Waals surface area contributed by atoms with E-state index in [1.807, 2.05) is 0 Å². The van der Waals surface area contributed by atoms with Gasteiger partial charge >= 0.3 is 14.7 Å². The van der Waals surface area contributed by atoms with Gasteiger partial charge in [0, 0.05) is 14.2 Å². The minimum atomic E-state index is -2.76. The van der Waals surface area contributed by atoms with E-state index in [1.165, 1.54) is 14.2 Å². The van der Waals surface area contributed by atoms with E-state index in [-0.39, 0.29) is 6.17 Å². The van der Waals surface area contributed by atoms with Gasteiger partial charge in [0.15, 0.2) is 0 Å². The molecule has 0 saturated heterocycles. The van der Waals surface area contributed by atoms with Crippen LogP contribution in [0.2, 0.25) is 6.04 Å². The fourth-order valence-electron chi connectivity index (χ4n) is 1.65. The van der Waals surface area contributed by atoms with Gasteiger partial charge in [0.2, 0.25) is 34.8 Å². The lowest BCUT2D eigenvalue weighted by atomic mass is 10.3. The van der Waals surface area contributed by atoms with E-state index >= 15 is 0 Å². The highest BCUT2D eigenvalue weighted by molar-refractivity contribution is 6.67. The van der Waals surface area contributed by atoms with Gasteiger partial charge in [-0.2, -0.15) is 8.78 Å². The zero-order chi connectivity index (χ0) is 17.8. The molecule has 23 heavy (non-hydrogen) atoms. The summed E-state index contributed by atoms with van der Waals surface area (Å²) in [6, 6.07) is 0.433. The number of halogens is 5. The maximum atomic E-state index is 13.4. The van der Waals surface area contributed by atoms with Crippen LogP contribution >= 0.6 is 0 Å².